The summed E-state index contributed by atoms with van der Waals surface area (Å²) in [6.45, 7) is 0. The van der Waals surface area contributed by atoms with Gasteiger partial charge in [0, 0.05) is 22.0 Å². The van der Waals surface area contributed by atoms with Crippen LogP contribution >= 0.6 is 11.8 Å². The molecule has 7 nitrogen and oxygen atoms in total. The zero-order chi connectivity index (χ0) is 20.6. The molecule has 1 heterocycles. The summed E-state index contributed by atoms with van der Waals surface area (Å²) in [5.74, 6) is 1.55. The Morgan fingerprint density at radius 3 is 2.52 bits per heavy atom. The maximum absolute atomic E-state index is 12.2. The van der Waals surface area contributed by atoms with Crippen LogP contribution in [0.1, 0.15) is 5.56 Å². The van der Waals surface area contributed by atoms with Crippen molar-refractivity contribution in [1.82, 2.24) is 10.4 Å². The van der Waals surface area contributed by atoms with Crippen molar-refractivity contribution in [3.63, 3.8) is 0 Å². The van der Waals surface area contributed by atoms with Crippen LogP contribution in [0.2, 0.25) is 0 Å². The Labute approximate surface area is 173 Å². The van der Waals surface area contributed by atoms with Crippen LogP contribution in [-0.2, 0) is 4.79 Å². The highest BCUT2D eigenvalue weighted by Gasteiger charge is 2.12. The zero-order valence-electron chi connectivity index (χ0n) is 16.3. The molecule has 1 N–H and O–H groups in total. The van der Waals surface area contributed by atoms with Gasteiger partial charge in [0.05, 0.1) is 38.8 Å². The molecule has 0 spiro atoms. The summed E-state index contributed by atoms with van der Waals surface area (Å²) in [5.41, 5.74) is 4.14. The smallest absolute Gasteiger partial charge is 0.250 e. The second-order valence-corrected chi connectivity index (χ2v) is 6.88. The molecule has 2 aromatic carbocycles. The number of hydrogen-bond donors (Lipinski definition) is 1. The van der Waals surface area contributed by atoms with Crippen molar-refractivity contribution >= 4 is 34.8 Å². The third kappa shape index (κ3) is 4.97. The normalized spacial score (nSPS) is 10.9. The molecular weight excluding hydrogens is 390 g/mol. The lowest BCUT2D eigenvalue weighted by atomic mass is 10.2. The van der Waals surface area contributed by atoms with Gasteiger partial charge in [0.25, 0.3) is 0 Å². The number of carbonyl (C=O) groups is 1. The molecule has 8 heteroatoms. The van der Waals surface area contributed by atoms with E-state index in [1.54, 1.807) is 32.5 Å². The largest absolute Gasteiger partial charge is 0.493 e. The Morgan fingerprint density at radius 2 is 1.83 bits per heavy atom. The summed E-state index contributed by atoms with van der Waals surface area (Å²) in [7, 11) is 4.62. The minimum Gasteiger partial charge on any atom is -0.493 e. The Bertz CT molecular complexity index is 1010. The highest BCUT2D eigenvalue weighted by atomic mass is 32.2. The molecule has 0 saturated heterocycles. The van der Waals surface area contributed by atoms with Gasteiger partial charge < -0.3 is 14.2 Å². The molecule has 0 aliphatic heterocycles. The molecule has 3 aromatic rings. The highest BCUT2D eigenvalue weighted by Crippen LogP contribution is 2.37. The number of para-hydroxylation sites is 1. The lowest BCUT2D eigenvalue weighted by molar-refractivity contribution is -0.118. The average Bonchev–Trinajstić information content (AvgIpc) is 2.76. The summed E-state index contributed by atoms with van der Waals surface area (Å²) in [6, 6.07) is 13.2. The highest BCUT2D eigenvalue weighted by molar-refractivity contribution is 8.00. The molecule has 0 unspecified atom stereocenters. The minimum absolute atomic E-state index is 0.209. The number of hydrazone groups is 1. The first kappa shape index (κ1) is 20.5. The summed E-state index contributed by atoms with van der Waals surface area (Å²) in [6.07, 6.45) is 3.26. The molecule has 0 atom stereocenters. The van der Waals surface area contributed by atoms with Gasteiger partial charge in [-0.15, -0.1) is 11.8 Å². The van der Waals surface area contributed by atoms with Gasteiger partial charge in [-0.05, 0) is 24.3 Å². The number of pyridine rings is 1. The van der Waals surface area contributed by atoms with E-state index < -0.39 is 0 Å². The Hall–Kier alpha value is -3.26. The summed E-state index contributed by atoms with van der Waals surface area (Å²) in [4.78, 5) is 17.5. The number of amides is 1. The Morgan fingerprint density at radius 1 is 1.10 bits per heavy atom. The van der Waals surface area contributed by atoms with Crippen molar-refractivity contribution in [2.45, 2.75) is 4.90 Å². The Kier molecular flexibility index (Phi) is 6.91. The van der Waals surface area contributed by atoms with Crippen molar-refractivity contribution in [3.8, 4) is 17.2 Å². The summed E-state index contributed by atoms with van der Waals surface area (Å²) < 4.78 is 15.9. The number of benzene rings is 2. The van der Waals surface area contributed by atoms with Crippen molar-refractivity contribution in [2.24, 2.45) is 5.10 Å². The maximum atomic E-state index is 12.2. The molecule has 0 bridgehead atoms. The van der Waals surface area contributed by atoms with E-state index in [-0.39, 0.29) is 11.7 Å². The van der Waals surface area contributed by atoms with E-state index in [2.05, 4.69) is 15.5 Å². The number of aromatic nitrogens is 1. The van der Waals surface area contributed by atoms with E-state index in [0.29, 0.717) is 22.8 Å². The van der Waals surface area contributed by atoms with Gasteiger partial charge in [0.2, 0.25) is 11.7 Å². The summed E-state index contributed by atoms with van der Waals surface area (Å²) >= 11 is 1.44. The molecule has 0 aliphatic carbocycles. The third-order valence-electron chi connectivity index (χ3n) is 4.06. The maximum Gasteiger partial charge on any atom is 0.250 e. The lowest BCUT2D eigenvalue weighted by Gasteiger charge is -2.12. The molecule has 3 rings (SSSR count). The van der Waals surface area contributed by atoms with Crippen LogP contribution in [0.15, 0.2) is 58.7 Å². The van der Waals surface area contributed by atoms with Crippen LogP contribution in [-0.4, -0.2) is 44.2 Å². The molecule has 0 fully saturated rings. The number of thioether (sulfide) groups is 1. The quantitative estimate of drug-likeness (QED) is 0.347. The molecular formula is C21H21N3O4S. The van der Waals surface area contributed by atoms with Crippen LogP contribution in [0.4, 0.5) is 0 Å². The standard InChI is InChI=1S/C21H21N3O4S/c1-26-17-10-14(11-18(27-2)21(17)28-3)12-23-24-20(25)13-29-19-8-9-22-16-7-5-4-6-15(16)19/h4-12H,13H2,1-3H3,(H,24,25)/b23-12+. The van der Waals surface area contributed by atoms with Crippen molar-refractivity contribution in [3.05, 3.63) is 54.2 Å². The zero-order valence-corrected chi connectivity index (χ0v) is 17.2. The van der Waals surface area contributed by atoms with Gasteiger partial charge in [-0.1, -0.05) is 18.2 Å². The second-order valence-electron chi connectivity index (χ2n) is 5.87. The summed E-state index contributed by atoms with van der Waals surface area (Å²) in [5, 5.41) is 5.04. The molecule has 0 radical (unpaired) electrons. The van der Waals surface area contributed by atoms with E-state index in [9.17, 15) is 4.79 Å². The molecule has 0 saturated carbocycles. The van der Waals surface area contributed by atoms with E-state index in [4.69, 9.17) is 14.2 Å². The van der Waals surface area contributed by atoms with Crippen LogP contribution in [0.5, 0.6) is 17.2 Å². The number of methoxy groups -OCH3 is 3. The third-order valence-corrected chi connectivity index (χ3v) is 5.13. The lowest BCUT2D eigenvalue weighted by Crippen LogP contribution is -2.19. The average molecular weight is 411 g/mol. The predicted octanol–water partition coefficient (Wildman–Crippen LogP) is 3.50. The van der Waals surface area contributed by atoms with E-state index in [0.717, 1.165) is 15.8 Å². The fourth-order valence-electron chi connectivity index (χ4n) is 2.73. The van der Waals surface area contributed by atoms with Gasteiger partial charge in [0.15, 0.2) is 11.5 Å². The van der Waals surface area contributed by atoms with E-state index >= 15 is 0 Å². The number of hydrogen-bond acceptors (Lipinski definition) is 7. The second kappa shape index (κ2) is 9.79. The number of carbonyl (C=O) groups excluding carboxylic acids is 1. The predicted molar refractivity (Wildman–Crippen MR) is 114 cm³/mol. The first-order valence-electron chi connectivity index (χ1n) is 8.74. The fourth-order valence-corrected chi connectivity index (χ4v) is 3.56. The topological polar surface area (TPSA) is 82.0 Å². The molecule has 150 valence electrons. The van der Waals surface area contributed by atoms with Crippen LogP contribution in [0.3, 0.4) is 0 Å². The van der Waals surface area contributed by atoms with Crippen molar-refractivity contribution in [1.29, 1.82) is 0 Å². The fraction of sp³-hybridized carbons (Fsp3) is 0.190. The number of ether oxygens (including phenoxy) is 3. The van der Waals surface area contributed by atoms with Crippen molar-refractivity contribution in [2.75, 3.05) is 27.1 Å². The molecule has 29 heavy (non-hydrogen) atoms. The van der Waals surface area contributed by atoms with E-state index in [1.165, 1.54) is 25.1 Å². The van der Waals surface area contributed by atoms with Gasteiger partial charge in [-0.25, -0.2) is 5.43 Å². The number of fused-ring (bicyclic) bond motifs is 1. The first-order chi connectivity index (χ1) is 14.2. The minimum atomic E-state index is -0.209. The first-order valence-corrected chi connectivity index (χ1v) is 9.73. The number of nitrogens with one attached hydrogen (secondary N) is 1. The molecule has 1 aromatic heterocycles. The SMILES string of the molecule is COc1cc(/C=N/NC(=O)CSc2ccnc3ccccc23)cc(OC)c1OC. The van der Waals surface area contributed by atoms with Crippen LogP contribution in [0, 0.1) is 0 Å². The van der Waals surface area contributed by atoms with Crippen molar-refractivity contribution < 1.29 is 19.0 Å². The monoisotopic (exact) mass is 411 g/mol. The van der Waals surface area contributed by atoms with Crippen LogP contribution < -0.4 is 19.6 Å². The van der Waals surface area contributed by atoms with Gasteiger partial charge in [-0.2, -0.15) is 5.10 Å². The van der Waals surface area contributed by atoms with Gasteiger partial charge in [0.1, 0.15) is 0 Å². The van der Waals surface area contributed by atoms with E-state index in [1.807, 2.05) is 30.3 Å². The van der Waals surface area contributed by atoms with Gasteiger partial charge in [-0.3, -0.25) is 9.78 Å². The van der Waals surface area contributed by atoms with Gasteiger partial charge >= 0.3 is 0 Å². The molecule has 1 amide bonds. The molecule has 0 aliphatic rings. The van der Waals surface area contributed by atoms with Crippen LogP contribution in [0.25, 0.3) is 10.9 Å². The number of rotatable bonds is 8. The number of nitrogens with zero attached hydrogens (tertiary/aromatic N) is 2. The Balaban J connectivity index is 1.62.